The molecule has 0 aliphatic rings. The van der Waals surface area contributed by atoms with Gasteiger partial charge in [-0.05, 0) is 44.6 Å². The molecule has 0 heterocycles. The number of carbonyl (C=O) groups is 1. The predicted molar refractivity (Wildman–Crippen MR) is 70.6 cm³/mol. The highest BCUT2D eigenvalue weighted by atomic mass is 16.5. The van der Waals surface area contributed by atoms with Crippen LogP contribution in [0.2, 0.25) is 0 Å². The fourth-order valence-electron chi connectivity index (χ4n) is 1.55. The Morgan fingerprint density at radius 1 is 1.28 bits per heavy atom. The summed E-state index contributed by atoms with van der Waals surface area (Å²) >= 11 is 0. The summed E-state index contributed by atoms with van der Waals surface area (Å²) in [6, 6.07) is 6.87. The maximum atomic E-state index is 11.4. The van der Waals surface area contributed by atoms with Gasteiger partial charge in [0.15, 0.2) is 0 Å². The second-order valence-electron chi connectivity index (χ2n) is 4.54. The minimum atomic E-state index is -0.165. The van der Waals surface area contributed by atoms with Crippen molar-refractivity contribution in [2.45, 2.75) is 19.3 Å². The van der Waals surface area contributed by atoms with Crippen molar-refractivity contribution in [1.29, 1.82) is 0 Å². The molecule has 1 N–H and O–H groups in total. The number of aromatic hydroxyl groups is 1. The molecule has 18 heavy (non-hydrogen) atoms. The zero-order valence-electron chi connectivity index (χ0n) is 11.1. The Morgan fingerprint density at radius 3 is 2.56 bits per heavy atom. The normalized spacial score (nSPS) is 10.6. The van der Waals surface area contributed by atoms with Gasteiger partial charge in [-0.1, -0.05) is 12.1 Å². The van der Waals surface area contributed by atoms with Crippen LogP contribution >= 0.6 is 0 Å². The first kappa shape index (κ1) is 14.5. The van der Waals surface area contributed by atoms with Gasteiger partial charge in [0.25, 0.3) is 0 Å². The number of hydrogen-bond acceptors (Lipinski definition) is 4. The van der Waals surface area contributed by atoms with Crippen LogP contribution in [0.25, 0.3) is 0 Å². The predicted octanol–water partition coefficient (Wildman–Crippen LogP) is 1.82. The Kier molecular flexibility index (Phi) is 6.22. The summed E-state index contributed by atoms with van der Waals surface area (Å²) in [4.78, 5) is 13.5. The molecule has 0 unspecified atom stereocenters. The molecule has 0 amide bonds. The standard InChI is InChI=1S/C14H21NO3/c1-15(2)10-3-11-18-14(17)9-6-12-4-7-13(16)8-5-12/h4-5,7-8,16H,3,6,9-11H2,1-2H3. The molecule has 0 aromatic heterocycles. The van der Waals surface area contributed by atoms with Gasteiger partial charge in [0, 0.05) is 13.0 Å². The number of esters is 1. The van der Waals surface area contributed by atoms with Crippen LogP contribution in [0.15, 0.2) is 24.3 Å². The van der Waals surface area contributed by atoms with Gasteiger partial charge in [-0.3, -0.25) is 4.79 Å². The Morgan fingerprint density at radius 2 is 1.94 bits per heavy atom. The molecule has 0 spiro atoms. The number of rotatable bonds is 7. The first-order valence-corrected chi connectivity index (χ1v) is 6.16. The van der Waals surface area contributed by atoms with Crippen LogP contribution in [-0.2, 0) is 16.0 Å². The fraction of sp³-hybridized carbons (Fsp3) is 0.500. The van der Waals surface area contributed by atoms with E-state index in [9.17, 15) is 4.79 Å². The van der Waals surface area contributed by atoms with Crippen molar-refractivity contribution in [2.75, 3.05) is 27.2 Å². The zero-order chi connectivity index (χ0) is 13.4. The Balaban J connectivity index is 2.15. The Hall–Kier alpha value is -1.55. The molecule has 0 aliphatic heterocycles. The summed E-state index contributed by atoms with van der Waals surface area (Å²) in [7, 11) is 3.99. The van der Waals surface area contributed by atoms with Gasteiger partial charge < -0.3 is 14.7 Å². The summed E-state index contributed by atoms with van der Waals surface area (Å²) in [6.07, 6.45) is 1.89. The number of carbonyl (C=O) groups excluding carboxylic acids is 1. The van der Waals surface area contributed by atoms with Crippen molar-refractivity contribution in [1.82, 2.24) is 4.90 Å². The minimum absolute atomic E-state index is 0.165. The molecule has 1 rings (SSSR count). The fourth-order valence-corrected chi connectivity index (χ4v) is 1.55. The van der Waals surface area contributed by atoms with Crippen LogP contribution in [0, 0.1) is 0 Å². The number of nitrogens with zero attached hydrogens (tertiary/aromatic N) is 1. The minimum Gasteiger partial charge on any atom is -0.508 e. The molecular formula is C14H21NO3. The molecule has 0 radical (unpaired) electrons. The number of phenols is 1. The summed E-state index contributed by atoms with van der Waals surface area (Å²) in [5, 5.41) is 9.13. The molecular weight excluding hydrogens is 230 g/mol. The third kappa shape index (κ3) is 6.25. The molecule has 4 heteroatoms. The molecule has 0 saturated carbocycles. The molecule has 1 aromatic carbocycles. The van der Waals surface area contributed by atoms with E-state index in [4.69, 9.17) is 9.84 Å². The van der Waals surface area contributed by atoms with E-state index >= 15 is 0 Å². The third-order valence-electron chi connectivity index (χ3n) is 2.57. The van der Waals surface area contributed by atoms with Crippen molar-refractivity contribution in [3.05, 3.63) is 29.8 Å². The quantitative estimate of drug-likeness (QED) is 0.593. The summed E-state index contributed by atoms with van der Waals surface area (Å²) in [6.45, 7) is 1.40. The summed E-state index contributed by atoms with van der Waals surface area (Å²) < 4.78 is 5.12. The largest absolute Gasteiger partial charge is 0.508 e. The lowest BCUT2D eigenvalue weighted by Crippen LogP contribution is -2.16. The first-order chi connectivity index (χ1) is 8.58. The van der Waals surface area contributed by atoms with Gasteiger partial charge in [0.2, 0.25) is 0 Å². The molecule has 1 aromatic rings. The molecule has 0 aliphatic carbocycles. The van der Waals surface area contributed by atoms with Gasteiger partial charge in [-0.2, -0.15) is 0 Å². The van der Waals surface area contributed by atoms with Crippen LogP contribution in [0.4, 0.5) is 0 Å². The first-order valence-electron chi connectivity index (χ1n) is 6.16. The molecule has 0 bridgehead atoms. The highest BCUT2D eigenvalue weighted by Crippen LogP contribution is 2.11. The van der Waals surface area contributed by atoms with E-state index in [1.54, 1.807) is 12.1 Å². The SMILES string of the molecule is CN(C)CCCOC(=O)CCc1ccc(O)cc1. The molecule has 0 fully saturated rings. The number of phenolic OH excluding ortho intramolecular Hbond substituents is 1. The average Bonchev–Trinajstić information content (AvgIpc) is 2.34. The van der Waals surface area contributed by atoms with Gasteiger partial charge in [-0.15, -0.1) is 0 Å². The third-order valence-corrected chi connectivity index (χ3v) is 2.57. The molecule has 100 valence electrons. The smallest absolute Gasteiger partial charge is 0.306 e. The molecule has 4 nitrogen and oxygen atoms in total. The number of hydrogen-bond donors (Lipinski definition) is 1. The van der Waals surface area contributed by atoms with E-state index in [1.165, 1.54) is 0 Å². The highest BCUT2D eigenvalue weighted by molar-refractivity contribution is 5.69. The van der Waals surface area contributed by atoms with E-state index in [1.807, 2.05) is 26.2 Å². The van der Waals surface area contributed by atoms with Crippen LogP contribution in [0.3, 0.4) is 0 Å². The van der Waals surface area contributed by atoms with Gasteiger partial charge in [-0.25, -0.2) is 0 Å². The van der Waals surface area contributed by atoms with Crippen LogP contribution in [0.1, 0.15) is 18.4 Å². The van der Waals surface area contributed by atoms with Crippen molar-refractivity contribution >= 4 is 5.97 Å². The topological polar surface area (TPSA) is 49.8 Å². The molecule has 0 saturated heterocycles. The average molecular weight is 251 g/mol. The van der Waals surface area contributed by atoms with Crippen molar-refractivity contribution in [3.8, 4) is 5.75 Å². The number of ether oxygens (including phenoxy) is 1. The Bertz CT molecular complexity index is 360. The zero-order valence-corrected chi connectivity index (χ0v) is 11.1. The van der Waals surface area contributed by atoms with E-state index in [0.717, 1.165) is 18.5 Å². The van der Waals surface area contributed by atoms with Crippen LogP contribution in [-0.4, -0.2) is 43.2 Å². The van der Waals surface area contributed by atoms with E-state index < -0.39 is 0 Å². The van der Waals surface area contributed by atoms with Crippen LogP contribution in [0.5, 0.6) is 5.75 Å². The monoisotopic (exact) mass is 251 g/mol. The lowest BCUT2D eigenvalue weighted by molar-refractivity contribution is -0.143. The Labute approximate surface area is 108 Å². The van der Waals surface area contributed by atoms with Crippen molar-refractivity contribution < 1.29 is 14.6 Å². The number of benzene rings is 1. The lowest BCUT2D eigenvalue weighted by Gasteiger charge is -2.09. The van der Waals surface area contributed by atoms with Gasteiger partial charge in [0.05, 0.1) is 6.61 Å². The van der Waals surface area contributed by atoms with Gasteiger partial charge in [0.1, 0.15) is 5.75 Å². The summed E-state index contributed by atoms with van der Waals surface area (Å²) in [5.74, 6) is 0.0758. The maximum Gasteiger partial charge on any atom is 0.306 e. The lowest BCUT2D eigenvalue weighted by atomic mass is 10.1. The van der Waals surface area contributed by atoms with E-state index in [0.29, 0.717) is 19.4 Å². The van der Waals surface area contributed by atoms with Crippen LogP contribution < -0.4 is 0 Å². The molecule has 0 atom stereocenters. The van der Waals surface area contributed by atoms with E-state index in [-0.39, 0.29) is 11.7 Å². The highest BCUT2D eigenvalue weighted by Gasteiger charge is 2.03. The van der Waals surface area contributed by atoms with Crippen molar-refractivity contribution in [2.24, 2.45) is 0 Å². The maximum absolute atomic E-state index is 11.4. The second kappa shape index (κ2) is 7.71. The van der Waals surface area contributed by atoms with Crippen molar-refractivity contribution in [3.63, 3.8) is 0 Å². The number of aryl methyl sites for hydroxylation is 1. The second-order valence-corrected chi connectivity index (χ2v) is 4.54. The summed E-state index contributed by atoms with van der Waals surface area (Å²) in [5.41, 5.74) is 1.03. The van der Waals surface area contributed by atoms with Gasteiger partial charge >= 0.3 is 5.97 Å². The van der Waals surface area contributed by atoms with E-state index in [2.05, 4.69) is 4.90 Å².